The molecule has 2 rings (SSSR count). The Morgan fingerprint density at radius 2 is 1.81 bits per heavy atom. The van der Waals surface area contributed by atoms with Crippen LogP contribution in [-0.2, 0) is 4.84 Å². The molecule has 2 aromatic rings. The minimum Gasteiger partial charge on any atom is -0.494 e. The fraction of sp³-hybridized carbons (Fsp3) is 0.125. The molecular formula is C16H14ClNO3. The van der Waals surface area contributed by atoms with Crippen molar-refractivity contribution in [1.82, 2.24) is 0 Å². The maximum atomic E-state index is 11.7. The van der Waals surface area contributed by atoms with E-state index < -0.39 is 5.97 Å². The third kappa shape index (κ3) is 4.61. The minimum atomic E-state index is -0.533. The highest BCUT2D eigenvalue weighted by atomic mass is 35.5. The van der Waals surface area contributed by atoms with E-state index in [4.69, 9.17) is 21.2 Å². The zero-order chi connectivity index (χ0) is 15.1. The van der Waals surface area contributed by atoms with Crippen molar-refractivity contribution in [2.45, 2.75) is 6.92 Å². The Kier molecular flexibility index (Phi) is 5.35. The molecule has 0 amide bonds. The summed E-state index contributed by atoms with van der Waals surface area (Å²) in [4.78, 5) is 16.5. The van der Waals surface area contributed by atoms with Crippen LogP contribution in [0.15, 0.2) is 53.7 Å². The number of carbonyl (C=O) groups is 1. The van der Waals surface area contributed by atoms with Gasteiger partial charge in [-0.1, -0.05) is 16.8 Å². The molecule has 21 heavy (non-hydrogen) atoms. The van der Waals surface area contributed by atoms with E-state index in [0.717, 1.165) is 11.3 Å². The van der Waals surface area contributed by atoms with Crippen LogP contribution in [0.25, 0.3) is 0 Å². The molecule has 0 aliphatic carbocycles. The van der Waals surface area contributed by atoms with E-state index in [1.807, 2.05) is 31.2 Å². The maximum Gasteiger partial charge on any atom is 0.365 e. The van der Waals surface area contributed by atoms with Crippen LogP contribution in [0.4, 0.5) is 0 Å². The average Bonchev–Trinajstić information content (AvgIpc) is 2.50. The van der Waals surface area contributed by atoms with Crippen molar-refractivity contribution in [3.8, 4) is 5.75 Å². The van der Waals surface area contributed by atoms with Gasteiger partial charge in [0.25, 0.3) is 0 Å². The van der Waals surface area contributed by atoms with Gasteiger partial charge in [-0.05, 0) is 61.0 Å². The van der Waals surface area contributed by atoms with Crippen LogP contribution in [0.3, 0.4) is 0 Å². The summed E-state index contributed by atoms with van der Waals surface area (Å²) in [7, 11) is 0. The van der Waals surface area contributed by atoms with Gasteiger partial charge in [0.15, 0.2) is 0 Å². The van der Waals surface area contributed by atoms with Crippen LogP contribution in [0, 0.1) is 0 Å². The summed E-state index contributed by atoms with van der Waals surface area (Å²) in [6, 6.07) is 13.7. The van der Waals surface area contributed by atoms with Gasteiger partial charge in [-0.3, -0.25) is 0 Å². The molecule has 0 aliphatic rings. The number of carbonyl (C=O) groups excluding carboxylic acids is 1. The standard InChI is InChI=1S/C16H14ClNO3/c1-2-20-15-9-3-12(4-10-15)11-18-21-16(19)13-5-7-14(17)8-6-13/h3-11H,2H2,1H3/b18-11-. The molecule has 0 N–H and O–H groups in total. The van der Waals surface area contributed by atoms with Gasteiger partial charge in [-0.2, -0.15) is 0 Å². The number of rotatable bonds is 5. The van der Waals surface area contributed by atoms with Crippen molar-refractivity contribution < 1.29 is 14.4 Å². The Morgan fingerprint density at radius 1 is 1.14 bits per heavy atom. The fourth-order valence-electron chi connectivity index (χ4n) is 1.59. The minimum absolute atomic E-state index is 0.392. The quantitative estimate of drug-likeness (QED) is 0.478. The number of benzene rings is 2. The first kappa shape index (κ1) is 15.1. The second kappa shape index (κ2) is 7.45. The highest BCUT2D eigenvalue weighted by Crippen LogP contribution is 2.12. The lowest BCUT2D eigenvalue weighted by Gasteiger charge is -2.02. The first-order chi connectivity index (χ1) is 10.2. The zero-order valence-corrected chi connectivity index (χ0v) is 12.2. The molecule has 0 saturated carbocycles. The molecule has 0 saturated heterocycles. The van der Waals surface area contributed by atoms with E-state index in [2.05, 4.69) is 5.16 Å². The third-order valence-corrected chi connectivity index (χ3v) is 2.86. The Bertz CT molecular complexity index is 621. The molecule has 0 spiro atoms. The maximum absolute atomic E-state index is 11.7. The SMILES string of the molecule is CCOc1ccc(/C=N\OC(=O)c2ccc(Cl)cc2)cc1. The van der Waals surface area contributed by atoms with E-state index in [9.17, 15) is 4.79 Å². The lowest BCUT2D eigenvalue weighted by molar-refractivity contribution is 0.0519. The topological polar surface area (TPSA) is 47.9 Å². The van der Waals surface area contributed by atoms with Crippen molar-refractivity contribution in [3.05, 3.63) is 64.7 Å². The van der Waals surface area contributed by atoms with E-state index in [1.165, 1.54) is 6.21 Å². The van der Waals surface area contributed by atoms with Gasteiger partial charge in [0.05, 0.1) is 18.4 Å². The van der Waals surface area contributed by atoms with Crippen molar-refractivity contribution >= 4 is 23.8 Å². The Hall–Kier alpha value is -2.33. The Morgan fingerprint density at radius 3 is 2.43 bits per heavy atom. The van der Waals surface area contributed by atoms with Gasteiger partial charge >= 0.3 is 5.97 Å². The number of ether oxygens (including phenoxy) is 1. The number of halogens is 1. The molecule has 0 atom stereocenters. The number of oxime groups is 1. The van der Waals surface area contributed by atoms with E-state index in [-0.39, 0.29) is 0 Å². The molecule has 2 aromatic carbocycles. The number of nitrogens with zero attached hydrogens (tertiary/aromatic N) is 1. The molecule has 0 radical (unpaired) electrons. The zero-order valence-electron chi connectivity index (χ0n) is 11.5. The van der Waals surface area contributed by atoms with Crippen molar-refractivity contribution in [2.24, 2.45) is 5.16 Å². The van der Waals surface area contributed by atoms with Gasteiger partial charge in [0.2, 0.25) is 0 Å². The molecule has 0 heterocycles. The van der Waals surface area contributed by atoms with Crippen LogP contribution in [0.2, 0.25) is 5.02 Å². The second-order valence-corrected chi connectivity index (χ2v) is 4.56. The predicted octanol–water partition coefficient (Wildman–Crippen LogP) is 3.93. The normalized spacial score (nSPS) is 10.6. The first-order valence-corrected chi connectivity index (χ1v) is 6.80. The van der Waals surface area contributed by atoms with Gasteiger partial charge < -0.3 is 9.57 Å². The van der Waals surface area contributed by atoms with Crippen LogP contribution < -0.4 is 4.74 Å². The van der Waals surface area contributed by atoms with Crippen LogP contribution in [-0.4, -0.2) is 18.8 Å². The summed E-state index contributed by atoms with van der Waals surface area (Å²) < 4.78 is 5.33. The molecule has 0 aromatic heterocycles. The lowest BCUT2D eigenvalue weighted by atomic mass is 10.2. The summed E-state index contributed by atoms with van der Waals surface area (Å²) in [5.74, 6) is 0.252. The van der Waals surface area contributed by atoms with Gasteiger partial charge in [0, 0.05) is 5.02 Å². The monoisotopic (exact) mass is 303 g/mol. The average molecular weight is 304 g/mol. The molecular weight excluding hydrogens is 290 g/mol. The summed E-state index contributed by atoms with van der Waals surface area (Å²) in [6.45, 7) is 2.54. The molecule has 108 valence electrons. The lowest BCUT2D eigenvalue weighted by Crippen LogP contribution is -2.00. The highest BCUT2D eigenvalue weighted by Gasteiger charge is 2.05. The van der Waals surface area contributed by atoms with Crippen LogP contribution >= 0.6 is 11.6 Å². The predicted molar refractivity (Wildman–Crippen MR) is 82.1 cm³/mol. The van der Waals surface area contributed by atoms with Gasteiger partial charge in [0.1, 0.15) is 5.75 Å². The van der Waals surface area contributed by atoms with Gasteiger partial charge in [-0.25, -0.2) is 4.79 Å². The van der Waals surface area contributed by atoms with Crippen LogP contribution in [0.1, 0.15) is 22.8 Å². The van der Waals surface area contributed by atoms with Gasteiger partial charge in [-0.15, -0.1) is 0 Å². The smallest absolute Gasteiger partial charge is 0.365 e. The summed E-state index contributed by atoms with van der Waals surface area (Å²) in [6.07, 6.45) is 1.46. The molecule has 4 nitrogen and oxygen atoms in total. The largest absolute Gasteiger partial charge is 0.494 e. The van der Waals surface area contributed by atoms with Crippen molar-refractivity contribution in [3.63, 3.8) is 0 Å². The van der Waals surface area contributed by atoms with E-state index in [0.29, 0.717) is 17.2 Å². The fourth-order valence-corrected chi connectivity index (χ4v) is 1.72. The van der Waals surface area contributed by atoms with Crippen molar-refractivity contribution in [1.29, 1.82) is 0 Å². The van der Waals surface area contributed by atoms with Crippen molar-refractivity contribution in [2.75, 3.05) is 6.61 Å². The third-order valence-electron chi connectivity index (χ3n) is 2.61. The molecule has 0 bridgehead atoms. The second-order valence-electron chi connectivity index (χ2n) is 4.12. The first-order valence-electron chi connectivity index (χ1n) is 6.42. The Labute approximate surface area is 127 Å². The van der Waals surface area contributed by atoms with E-state index >= 15 is 0 Å². The molecule has 0 unspecified atom stereocenters. The highest BCUT2D eigenvalue weighted by molar-refractivity contribution is 6.30. The Balaban J connectivity index is 1.92. The summed E-state index contributed by atoms with van der Waals surface area (Å²) in [5, 5.41) is 4.23. The summed E-state index contributed by atoms with van der Waals surface area (Å²) in [5.41, 5.74) is 1.20. The van der Waals surface area contributed by atoms with Crippen LogP contribution in [0.5, 0.6) is 5.75 Å². The molecule has 0 fully saturated rings. The molecule has 5 heteroatoms. The van der Waals surface area contributed by atoms with E-state index in [1.54, 1.807) is 24.3 Å². The number of hydrogen-bond donors (Lipinski definition) is 0. The number of hydrogen-bond acceptors (Lipinski definition) is 4. The summed E-state index contributed by atoms with van der Waals surface area (Å²) >= 11 is 5.74. The molecule has 0 aliphatic heterocycles.